The van der Waals surface area contributed by atoms with Crippen LogP contribution in [0.3, 0.4) is 0 Å². The van der Waals surface area contributed by atoms with Gasteiger partial charge in [-0.15, -0.1) is 0 Å². The standard InChI is InChI=1S/C11H13BrINO2/c1-3-14(4-2)11(15)16-9-7-5-6-8(13)10(9)12/h5-7H,3-4H2,1-2H3. The van der Waals surface area contributed by atoms with Gasteiger partial charge in [-0.05, 0) is 64.5 Å². The first-order valence-corrected chi connectivity index (χ1v) is 6.88. The van der Waals surface area contributed by atoms with E-state index < -0.39 is 0 Å². The van der Waals surface area contributed by atoms with E-state index in [1.54, 1.807) is 11.0 Å². The Bertz CT molecular complexity index is 380. The van der Waals surface area contributed by atoms with Gasteiger partial charge >= 0.3 is 6.09 Å². The molecule has 0 aliphatic rings. The van der Waals surface area contributed by atoms with Crippen molar-refractivity contribution in [3.8, 4) is 5.75 Å². The van der Waals surface area contributed by atoms with Crippen molar-refractivity contribution >= 4 is 44.6 Å². The van der Waals surface area contributed by atoms with E-state index in [0.29, 0.717) is 18.8 Å². The van der Waals surface area contributed by atoms with Gasteiger partial charge in [-0.2, -0.15) is 0 Å². The molecule has 0 unspecified atom stereocenters. The van der Waals surface area contributed by atoms with E-state index in [2.05, 4.69) is 38.5 Å². The molecule has 0 fully saturated rings. The van der Waals surface area contributed by atoms with E-state index in [-0.39, 0.29) is 6.09 Å². The highest BCUT2D eigenvalue weighted by Crippen LogP contribution is 2.29. The zero-order valence-corrected chi connectivity index (χ0v) is 12.9. The van der Waals surface area contributed by atoms with Crippen molar-refractivity contribution in [1.82, 2.24) is 4.90 Å². The summed E-state index contributed by atoms with van der Waals surface area (Å²) in [4.78, 5) is 13.3. The first kappa shape index (κ1) is 13.8. The third kappa shape index (κ3) is 3.35. The molecule has 1 amide bonds. The fourth-order valence-electron chi connectivity index (χ4n) is 1.20. The second-order valence-electron chi connectivity index (χ2n) is 3.09. The topological polar surface area (TPSA) is 29.5 Å². The van der Waals surface area contributed by atoms with Crippen LogP contribution in [0.1, 0.15) is 13.8 Å². The van der Waals surface area contributed by atoms with Crippen molar-refractivity contribution < 1.29 is 9.53 Å². The molecule has 0 saturated heterocycles. The summed E-state index contributed by atoms with van der Waals surface area (Å²) >= 11 is 5.58. The van der Waals surface area contributed by atoms with Crippen LogP contribution in [0, 0.1) is 3.57 Å². The monoisotopic (exact) mass is 397 g/mol. The molecule has 5 heteroatoms. The van der Waals surface area contributed by atoms with Crippen molar-refractivity contribution in [3.05, 3.63) is 26.2 Å². The molecular weight excluding hydrogens is 385 g/mol. The summed E-state index contributed by atoms with van der Waals surface area (Å²) in [5.74, 6) is 0.559. The average molecular weight is 398 g/mol. The van der Waals surface area contributed by atoms with Crippen LogP contribution in [0.2, 0.25) is 0 Å². The van der Waals surface area contributed by atoms with Gasteiger partial charge in [0, 0.05) is 16.7 Å². The molecule has 0 bridgehead atoms. The van der Waals surface area contributed by atoms with Gasteiger partial charge in [-0.3, -0.25) is 0 Å². The second kappa shape index (κ2) is 6.44. The zero-order valence-electron chi connectivity index (χ0n) is 9.17. The molecule has 0 heterocycles. The number of amides is 1. The maximum absolute atomic E-state index is 11.7. The fourth-order valence-corrected chi connectivity index (χ4v) is 2.02. The third-order valence-corrected chi connectivity index (χ3v) is 4.59. The van der Waals surface area contributed by atoms with Gasteiger partial charge < -0.3 is 9.64 Å². The van der Waals surface area contributed by atoms with Gasteiger partial charge in [0.2, 0.25) is 0 Å². The van der Waals surface area contributed by atoms with Crippen LogP contribution in [0.25, 0.3) is 0 Å². The Kier molecular flexibility index (Phi) is 5.54. The summed E-state index contributed by atoms with van der Waals surface area (Å²) in [6, 6.07) is 5.57. The molecule has 88 valence electrons. The lowest BCUT2D eigenvalue weighted by atomic mass is 10.3. The molecule has 0 N–H and O–H groups in total. The molecule has 1 aromatic carbocycles. The number of carbonyl (C=O) groups excluding carboxylic acids is 1. The van der Waals surface area contributed by atoms with Gasteiger partial charge in [0.05, 0.1) is 4.47 Å². The van der Waals surface area contributed by atoms with Crippen LogP contribution < -0.4 is 4.74 Å². The Hall–Kier alpha value is -0.300. The Labute approximate surface area is 117 Å². The number of nitrogens with zero attached hydrogens (tertiary/aromatic N) is 1. The van der Waals surface area contributed by atoms with E-state index in [1.807, 2.05) is 26.0 Å². The number of ether oxygens (including phenoxy) is 1. The van der Waals surface area contributed by atoms with Crippen LogP contribution >= 0.6 is 38.5 Å². The maximum Gasteiger partial charge on any atom is 0.415 e. The highest BCUT2D eigenvalue weighted by atomic mass is 127. The minimum atomic E-state index is -0.312. The van der Waals surface area contributed by atoms with Crippen LogP contribution in [-0.2, 0) is 0 Å². The van der Waals surface area contributed by atoms with Crippen molar-refractivity contribution in [2.45, 2.75) is 13.8 Å². The fraction of sp³-hybridized carbons (Fsp3) is 0.364. The summed E-state index contributed by atoms with van der Waals surface area (Å²) < 4.78 is 7.14. The van der Waals surface area contributed by atoms with Crippen molar-refractivity contribution in [1.29, 1.82) is 0 Å². The Morgan fingerprint density at radius 1 is 1.44 bits per heavy atom. The molecule has 16 heavy (non-hydrogen) atoms. The molecule has 3 nitrogen and oxygen atoms in total. The lowest BCUT2D eigenvalue weighted by Crippen LogP contribution is -2.33. The predicted octanol–water partition coefficient (Wildman–Crippen LogP) is 3.89. The van der Waals surface area contributed by atoms with Crippen molar-refractivity contribution in [3.63, 3.8) is 0 Å². The number of benzene rings is 1. The molecule has 0 saturated carbocycles. The van der Waals surface area contributed by atoms with Crippen LogP contribution in [0.5, 0.6) is 5.75 Å². The maximum atomic E-state index is 11.7. The summed E-state index contributed by atoms with van der Waals surface area (Å²) in [5.41, 5.74) is 0. The predicted molar refractivity (Wildman–Crippen MR) is 75.8 cm³/mol. The lowest BCUT2D eigenvalue weighted by Gasteiger charge is -2.18. The summed E-state index contributed by atoms with van der Waals surface area (Å²) in [6.45, 7) is 5.15. The van der Waals surface area contributed by atoms with Crippen LogP contribution in [-0.4, -0.2) is 24.1 Å². The number of hydrogen-bond donors (Lipinski definition) is 0. The average Bonchev–Trinajstić information content (AvgIpc) is 2.26. The molecule has 1 rings (SSSR count). The number of carbonyl (C=O) groups is 1. The van der Waals surface area contributed by atoms with Gasteiger partial charge in [0.15, 0.2) is 0 Å². The normalized spacial score (nSPS) is 10.0. The van der Waals surface area contributed by atoms with Gasteiger partial charge in [0.1, 0.15) is 5.75 Å². The van der Waals surface area contributed by atoms with Crippen LogP contribution in [0.4, 0.5) is 4.79 Å². The van der Waals surface area contributed by atoms with Crippen LogP contribution in [0.15, 0.2) is 22.7 Å². The Balaban J connectivity index is 2.80. The number of halogens is 2. The lowest BCUT2D eigenvalue weighted by molar-refractivity contribution is 0.157. The molecule has 0 aliphatic heterocycles. The first-order chi connectivity index (χ1) is 7.60. The third-order valence-electron chi connectivity index (χ3n) is 2.14. The highest BCUT2D eigenvalue weighted by molar-refractivity contribution is 14.1. The Morgan fingerprint density at radius 2 is 2.06 bits per heavy atom. The van der Waals surface area contributed by atoms with E-state index in [1.165, 1.54) is 0 Å². The summed E-state index contributed by atoms with van der Waals surface area (Å²) in [6.07, 6.45) is -0.312. The SMILES string of the molecule is CCN(CC)C(=O)Oc1cccc(I)c1Br. The van der Waals surface area contributed by atoms with Crippen molar-refractivity contribution in [2.24, 2.45) is 0 Å². The molecule has 0 atom stereocenters. The van der Waals surface area contributed by atoms with Gasteiger partial charge in [-0.1, -0.05) is 6.07 Å². The van der Waals surface area contributed by atoms with E-state index in [4.69, 9.17) is 4.74 Å². The summed E-state index contributed by atoms with van der Waals surface area (Å²) in [5, 5.41) is 0. The zero-order chi connectivity index (χ0) is 12.1. The van der Waals surface area contributed by atoms with Crippen molar-refractivity contribution in [2.75, 3.05) is 13.1 Å². The van der Waals surface area contributed by atoms with E-state index in [0.717, 1.165) is 8.04 Å². The van der Waals surface area contributed by atoms with E-state index >= 15 is 0 Å². The molecular formula is C11H13BrINO2. The first-order valence-electron chi connectivity index (χ1n) is 5.00. The molecule has 0 aromatic heterocycles. The molecule has 1 aromatic rings. The minimum Gasteiger partial charge on any atom is -0.409 e. The minimum absolute atomic E-state index is 0.312. The van der Waals surface area contributed by atoms with E-state index in [9.17, 15) is 4.79 Å². The Morgan fingerprint density at radius 3 is 2.62 bits per heavy atom. The number of hydrogen-bond acceptors (Lipinski definition) is 2. The second-order valence-corrected chi connectivity index (χ2v) is 5.05. The summed E-state index contributed by atoms with van der Waals surface area (Å²) in [7, 11) is 0. The van der Waals surface area contributed by atoms with Gasteiger partial charge in [0.25, 0.3) is 0 Å². The van der Waals surface area contributed by atoms with Gasteiger partial charge in [-0.25, -0.2) is 4.79 Å². The quantitative estimate of drug-likeness (QED) is 0.724. The number of rotatable bonds is 3. The smallest absolute Gasteiger partial charge is 0.409 e. The molecule has 0 radical (unpaired) electrons. The largest absolute Gasteiger partial charge is 0.415 e. The molecule has 0 spiro atoms. The highest BCUT2D eigenvalue weighted by Gasteiger charge is 2.14. The molecule has 0 aliphatic carbocycles.